The molecule has 0 aliphatic carbocycles. The van der Waals surface area contributed by atoms with Crippen molar-refractivity contribution in [2.24, 2.45) is 0 Å². The molecule has 0 aliphatic heterocycles. The summed E-state index contributed by atoms with van der Waals surface area (Å²) in [4.78, 5) is 24.8. The zero-order valence-corrected chi connectivity index (χ0v) is 15.1. The molecular formula is C18H21N5O4. The number of carbonyl (C=O) groups excluding carboxylic acids is 1. The lowest BCUT2D eigenvalue weighted by Crippen LogP contribution is -2.25. The lowest BCUT2D eigenvalue weighted by atomic mass is 10.2. The summed E-state index contributed by atoms with van der Waals surface area (Å²) in [6.07, 6.45) is 5.01. The first-order valence-corrected chi connectivity index (χ1v) is 8.26. The summed E-state index contributed by atoms with van der Waals surface area (Å²) in [5, 5.41) is 18.1. The molecule has 27 heavy (non-hydrogen) atoms. The molecular weight excluding hydrogens is 350 g/mol. The van der Waals surface area contributed by atoms with Gasteiger partial charge in [-0.15, -0.1) is 10.2 Å². The molecule has 0 bridgehead atoms. The second-order valence-corrected chi connectivity index (χ2v) is 5.54. The average molecular weight is 371 g/mol. The van der Waals surface area contributed by atoms with Crippen LogP contribution >= 0.6 is 0 Å². The molecule has 3 heterocycles. The van der Waals surface area contributed by atoms with Gasteiger partial charge >= 0.3 is 0 Å². The molecule has 0 aromatic carbocycles. The van der Waals surface area contributed by atoms with Crippen LogP contribution in [0, 0.1) is 6.92 Å². The van der Waals surface area contributed by atoms with E-state index in [-0.39, 0.29) is 12.4 Å². The standard InChI is InChI=1S/C17H19N5O2.CH2O2/c1-12-10-13(14(24-2)11-19-12)17(23)18-8-5-7-16-21-20-15-6-3-4-9-22(15)16;2-1-3/h3-4,6,9-11H,5,7-8H2,1-2H3,(H,18,23);1H,(H,2,3). The van der Waals surface area contributed by atoms with E-state index in [4.69, 9.17) is 14.6 Å². The van der Waals surface area contributed by atoms with Crippen LogP contribution in [0.3, 0.4) is 0 Å². The topological polar surface area (TPSA) is 119 Å². The van der Waals surface area contributed by atoms with Crippen LogP contribution in [0.4, 0.5) is 0 Å². The van der Waals surface area contributed by atoms with Crippen LogP contribution in [-0.4, -0.2) is 50.7 Å². The van der Waals surface area contributed by atoms with Crippen molar-refractivity contribution in [2.45, 2.75) is 19.8 Å². The number of hydrogen-bond donors (Lipinski definition) is 2. The van der Waals surface area contributed by atoms with Gasteiger partial charge in [0, 0.05) is 24.9 Å². The molecule has 0 spiro atoms. The molecule has 2 N–H and O–H groups in total. The maximum atomic E-state index is 12.3. The number of nitrogens with zero attached hydrogens (tertiary/aromatic N) is 4. The number of fused-ring (bicyclic) bond motifs is 1. The monoisotopic (exact) mass is 371 g/mol. The van der Waals surface area contributed by atoms with Crippen molar-refractivity contribution in [2.75, 3.05) is 13.7 Å². The summed E-state index contributed by atoms with van der Waals surface area (Å²) in [7, 11) is 1.53. The van der Waals surface area contributed by atoms with Gasteiger partial charge in [-0.2, -0.15) is 0 Å². The summed E-state index contributed by atoms with van der Waals surface area (Å²) in [5.74, 6) is 1.20. The van der Waals surface area contributed by atoms with E-state index in [1.807, 2.05) is 35.7 Å². The molecule has 0 unspecified atom stereocenters. The molecule has 142 valence electrons. The normalized spacial score (nSPS) is 10.0. The maximum Gasteiger partial charge on any atom is 0.290 e. The van der Waals surface area contributed by atoms with Gasteiger partial charge in [0.15, 0.2) is 5.65 Å². The molecule has 3 aromatic heterocycles. The predicted octanol–water partition coefficient (Wildman–Crippen LogP) is 1.50. The minimum absolute atomic E-state index is 0.163. The number of amides is 1. The average Bonchev–Trinajstić information content (AvgIpc) is 3.09. The molecule has 1 amide bonds. The summed E-state index contributed by atoms with van der Waals surface area (Å²) in [6, 6.07) is 7.51. The van der Waals surface area contributed by atoms with Crippen molar-refractivity contribution in [3.63, 3.8) is 0 Å². The first kappa shape index (κ1) is 19.8. The minimum Gasteiger partial charge on any atom is -0.494 e. The van der Waals surface area contributed by atoms with Crippen LogP contribution < -0.4 is 10.1 Å². The number of pyridine rings is 2. The van der Waals surface area contributed by atoms with E-state index in [1.54, 1.807) is 12.3 Å². The van der Waals surface area contributed by atoms with Crippen LogP contribution in [0.25, 0.3) is 5.65 Å². The fraction of sp³-hybridized carbons (Fsp3) is 0.278. The zero-order valence-electron chi connectivity index (χ0n) is 15.1. The lowest BCUT2D eigenvalue weighted by molar-refractivity contribution is -0.122. The number of carboxylic acid groups (broad SMARTS) is 1. The number of nitrogens with one attached hydrogen (secondary N) is 1. The highest BCUT2D eigenvalue weighted by atomic mass is 16.5. The van der Waals surface area contributed by atoms with Gasteiger partial charge in [-0.25, -0.2) is 0 Å². The van der Waals surface area contributed by atoms with Gasteiger partial charge in [0.1, 0.15) is 11.6 Å². The summed E-state index contributed by atoms with van der Waals surface area (Å²) >= 11 is 0. The van der Waals surface area contributed by atoms with Crippen molar-refractivity contribution < 1.29 is 19.4 Å². The van der Waals surface area contributed by atoms with Crippen LogP contribution in [0.5, 0.6) is 5.75 Å². The Hall–Kier alpha value is -3.49. The van der Waals surface area contributed by atoms with Crippen LogP contribution in [0.1, 0.15) is 28.3 Å². The van der Waals surface area contributed by atoms with Crippen molar-refractivity contribution >= 4 is 18.0 Å². The van der Waals surface area contributed by atoms with Gasteiger partial charge in [0.25, 0.3) is 12.4 Å². The Balaban J connectivity index is 0.000000817. The third kappa shape index (κ3) is 5.24. The lowest BCUT2D eigenvalue weighted by Gasteiger charge is -2.09. The fourth-order valence-corrected chi connectivity index (χ4v) is 2.49. The van der Waals surface area contributed by atoms with Gasteiger partial charge in [0.05, 0.1) is 18.9 Å². The number of carbonyl (C=O) groups is 2. The highest BCUT2D eigenvalue weighted by Gasteiger charge is 2.13. The molecule has 3 aromatic rings. The molecule has 0 atom stereocenters. The van der Waals surface area contributed by atoms with Gasteiger partial charge in [-0.3, -0.25) is 19.0 Å². The van der Waals surface area contributed by atoms with Crippen LogP contribution in [0.2, 0.25) is 0 Å². The zero-order chi connectivity index (χ0) is 19.6. The molecule has 0 saturated heterocycles. The molecule has 0 radical (unpaired) electrons. The van der Waals surface area contributed by atoms with Gasteiger partial charge < -0.3 is 15.2 Å². The second kappa shape index (κ2) is 9.85. The van der Waals surface area contributed by atoms with E-state index < -0.39 is 0 Å². The minimum atomic E-state index is -0.250. The quantitative estimate of drug-likeness (QED) is 0.498. The number of hydrogen-bond acceptors (Lipinski definition) is 6. The molecule has 0 fully saturated rings. The smallest absolute Gasteiger partial charge is 0.290 e. The Morgan fingerprint density at radius 1 is 1.37 bits per heavy atom. The Kier molecular flexibility index (Phi) is 7.24. The third-order valence-electron chi connectivity index (χ3n) is 3.72. The molecule has 3 rings (SSSR count). The molecule has 9 heteroatoms. The molecule has 9 nitrogen and oxygen atoms in total. The summed E-state index contributed by atoms with van der Waals surface area (Å²) in [5.41, 5.74) is 2.10. The number of aromatic nitrogens is 4. The highest BCUT2D eigenvalue weighted by molar-refractivity contribution is 5.96. The third-order valence-corrected chi connectivity index (χ3v) is 3.72. The first-order chi connectivity index (χ1) is 13.1. The molecule has 0 aliphatic rings. The van der Waals surface area contributed by atoms with Crippen molar-refractivity contribution in [3.05, 3.63) is 53.7 Å². The number of ether oxygens (including phenoxy) is 1. The van der Waals surface area contributed by atoms with E-state index in [9.17, 15) is 4.79 Å². The SMILES string of the molecule is COc1cnc(C)cc1C(=O)NCCCc1nnc2ccccn12.O=CO. The molecule has 0 saturated carbocycles. The first-order valence-electron chi connectivity index (χ1n) is 8.26. The van der Waals surface area contributed by atoms with Crippen LogP contribution in [-0.2, 0) is 11.2 Å². The van der Waals surface area contributed by atoms with Gasteiger partial charge in [0.2, 0.25) is 0 Å². The van der Waals surface area contributed by atoms with E-state index in [2.05, 4.69) is 20.5 Å². The highest BCUT2D eigenvalue weighted by Crippen LogP contribution is 2.17. The van der Waals surface area contributed by atoms with E-state index >= 15 is 0 Å². The largest absolute Gasteiger partial charge is 0.494 e. The predicted molar refractivity (Wildman–Crippen MR) is 97.9 cm³/mol. The summed E-state index contributed by atoms with van der Waals surface area (Å²) in [6.45, 7) is 2.14. The number of rotatable bonds is 6. The second-order valence-electron chi connectivity index (χ2n) is 5.54. The van der Waals surface area contributed by atoms with Crippen molar-refractivity contribution in [1.82, 2.24) is 24.9 Å². The Morgan fingerprint density at radius 3 is 2.89 bits per heavy atom. The fourth-order valence-electron chi connectivity index (χ4n) is 2.49. The van der Waals surface area contributed by atoms with Gasteiger partial charge in [-0.05, 0) is 31.5 Å². The van der Waals surface area contributed by atoms with Gasteiger partial charge in [-0.1, -0.05) is 6.07 Å². The van der Waals surface area contributed by atoms with Crippen molar-refractivity contribution in [1.29, 1.82) is 0 Å². The summed E-state index contributed by atoms with van der Waals surface area (Å²) < 4.78 is 7.15. The van der Waals surface area contributed by atoms with E-state index in [0.717, 1.165) is 30.0 Å². The Bertz CT molecular complexity index is 910. The van der Waals surface area contributed by atoms with E-state index in [1.165, 1.54) is 7.11 Å². The Labute approximate surface area is 156 Å². The number of methoxy groups -OCH3 is 1. The van der Waals surface area contributed by atoms with Crippen LogP contribution in [0.15, 0.2) is 36.7 Å². The number of aryl methyl sites for hydroxylation is 2. The van der Waals surface area contributed by atoms with E-state index in [0.29, 0.717) is 17.9 Å². The maximum absolute atomic E-state index is 12.3. The Morgan fingerprint density at radius 2 is 2.15 bits per heavy atom. The van der Waals surface area contributed by atoms with Crippen molar-refractivity contribution in [3.8, 4) is 5.75 Å².